The normalized spacial score (nSPS) is 12.4. The number of aryl methyl sites for hydroxylation is 2. The van der Waals surface area contributed by atoms with E-state index in [1.54, 1.807) is 11.3 Å². The second-order valence-corrected chi connectivity index (χ2v) is 6.37. The van der Waals surface area contributed by atoms with E-state index in [9.17, 15) is 4.79 Å². The molecular formula is C15H21N3O2S. The monoisotopic (exact) mass is 307 g/mol. The van der Waals surface area contributed by atoms with E-state index in [-0.39, 0.29) is 18.4 Å². The molecule has 0 saturated carbocycles. The smallest absolute Gasteiger partial charge is 0.267 e. The Morgan fingerprint density at radius 3 is 2.95 bits per heavy atom. The number of hydrogen-bond acceptors (Lipinski definition) is 4. The first kappa shape index (κ1) is 15.7. The molecule has 1 amide bonds. The van der Waals surface area contributed by atoms with E-state index in [1.165, 1.54) is 0 Å². The van der Waals surface area contributed by atoms with Crippen molar-refractivity contribution in [2.45, 2.75) is 20.3 Å². The standard InChI is InChI=1S/C15H21N3O2S/c1-10(4-5-19)7-16-15(20)14-6-12(8-18(14)3)13-9-21-11(2)17-13/h6,8-10,19H,4-5,7H2,1-3H3,(H,16,20). The molecule has 2 N–H and O–H groups in total. The van der Waals surface area contributed by atoms with Crippen molar-refractivity contribution in [1.82, 2.24) is 14.9 Å². The number of carbonyl (C=O) groups excluding carboxylic acids is 1. The van der Waals surface area contributed by atoms with E-state index in [0.717, 1.165) is 16.3 Å². The Labute approximate surface area is 128 Å². The molecule has 1 atom stereocenters. The van der Waals surface area contributed by atoms with Crippen LogP contribution in [-0.4, -0.2) is 33.7 Å². The lowest BCUT2D eigenvalue weighted by molar-refractivity contribution is 0.0937. The van der Waals surface area contributed by atoms with Crippen molar-refractivity contribution in [1.29, 1.82) is 0 Å². The second kappa shape index (κ2) is 6.87. The minimum Gasteiger partial charge on any atom is -0.396 e. The maximum Gasteiger partial charge on any atom is 0.267 e. The summed E-state index contributed by atoms with van der Waals surface area (Å²) in [5.41, 5.74) is 2.48. The maximum absolute atomic E-state index is 12.2. The van der Waals surface area contributed by atoms with Crippen molar-refractivity contribution in [3.63, 3.8) is 0 Å². The van der Waals surface area contributed by atoms with E-state index >= 15 is 0 Å². The average Bonchev–Trinajstić information content (AvgIpc) is 3.02. The van der Waals surface area contributed by atoms with Gasteiger partial charge in [0.2, 0.25) is 0 Å². The molecule has 0 aromatic carbocycles. The van der Waals surface area contributed by atoms with Crippen LogP contribution in [0.15, 0.2) is 17.6 Å². The summed E-state index contributed by atoms with van der Waals surface area (Å²) in [6, 6.07) is 1.86. The fourth-order valence-corrected chi connectivity index (χ4v) is 2.73. The minimum atomic E-state index is -0.0968. The Kier molecular flexibility index (Phi) is 5.14. The largest absolute Gasteiger partial charge is 0.396 e. The third kappa shape index (κ3) is 3.92. The molecule has 0 bridgehead atoms. The lowest BCUT2D eigenvalue weighted by atomic mass is 10.1. The third-order valence-electron chi connectivity index (χ3n) is 3.39. The number of amides is 1. The Balaban J connectivity index is 2.06. The number of nitrogens with one attached hydrogen (secondary N) is 1. The summed E-state index contributed by atoms with van der Waals surface area (Å²) in [4.78, 5) is 16.7. The number of thiazole rings is 1. The van der Waals surface area contributed by atoms with Crippen LogP contribution in [0.25, 0.3) is 11.3 Å². The van der Waals surface area contributed by atoms with Crippen LogP contribution in [-0.2, 0) is 7.05 Å². The molecule has 21 heavy (non-hydrogen) atoms. The summed E-state index contributed by atoms with van der Waals surface area (Å²) in [6.45, 7) is 4.68. The molecule has 1 unspecified atom stereocenters. The second-order valence-electron chi connectivity index (χ2n) is 5.30. The van der Waals surface area contributed by atoms with Crippen molar-refractivity contribution in [3.8, 4) is 11.3 Å². The van der Waals surface area contributed by atoms with Crippen LogP contribution < -0.4 is 5.32 Å². The molecule has 5 nitrogen and oxygen atoms in total. The summed E-state index contributed by atoms with van der Waals surface area (Å²) in [5, 5.41) is 14.8. The van der Waals surface area contributed by atoms with E-state index in [1.807, 2.05) is 43.1 Å². The van der Waals surface area contributed by atoms with Gasteiger partial charge in [-0.3, -0.25) is 4.79 Å². The summed E-state index contributed by atoms with van der Waals surface area (Å²) in [7, 11) is 1.86. The zero-order valence-electron chi connectivity index (χ0n) is 12.6. The van der Waals surface area contributed by atoms with Gasteiger partial charge in [0.05, 0.1) is 10.7 Å². The van der Waals surface area contributed by atoms with Gasteiger partial charge >= 0.3 is 0 Å². The Hall–Kier alpha value is -1.66. The number of aromatic nitrogens is 2. The minimum absolute atomic E-state index is 0.0968. The highest BCUT2D eigenvalue weighted by Crippen LogP contribution is 2.23. The highest BCUT2D eigenvalue weighted by atomic mass is 32.1. The van der Waals surface area contributed by atoms with E-state index < -0.39 is 0 Å². The van der Waals surface area contributed by atoms with Crippen LogP contribution in [0, 0.1) is 12.8 Å². The molecule has 0 fully saturated rings. The Morgan fingerprint density at radius 2 is 2.33 bits per heavy atom. The topological polar surface area (TPSA) is 67.2 Å². The molecule has 0 spiro atoms. The highest BCUT2D eigenvalue weighted by molar-refractivity contribution is 7.09. The van der Waals surface area contributed by atoms with E-state index in [0.29, 0.717) is 18.7 Å². The number of carbonyl (C=O) groups is 1. The Morgan fingerprint density at radius 1 is 1.57 bits per heavy atom. The van der Waals surface area contributed by atoms with Gasteiger partial charge in [-0.15, -0.1) is 11.3 Å². The predicted molar refractivity (Wildman–Crippen MR) is 84.5 cm³/mol. The van der Waals surface area contributed by atoms with Gasteiger partial charge in [-0.1, -0.05) is 6.92 Å². The molecule has 2 aromatic heterocycles. The molecule has 0 aliphatic rings. The van der Waals surface area contributed by atoms with Crippen LogP contribution >= 0.6 is 11.3 Å². The first-order valence-electron chi connectivity index (χ1n) is 6.99. The van der Waals surface area contributed by atoms with Gasteiger partial charge in [0.15, 0.2) is 0 Å². The molecule has 0 aliphatic heterocycles. The van der Waals surface area contributed by atoms with Gasteiger partial charge in [0, 0.05) is 37.3 Å². The van der Waals surface area contributed by atoms with Crippen LogP contribution in [0.3, 0.4) is 0 Å². The Bertz CT molecular complexity index is 618. The van der Waals surface area contributed by atoms with Gasteiger partial charge in [-0.25, -0.2) is 4.98 Å². The van der Waals surface area contributed by atoms with Crippen LogP contribution in [0.2, 0.25) is 0 Å². The van der Waals surface area contributed by atoms with Crippen LogP contribution in [0.4, 0.5) is 0 Å². The number of rotatable bonds is 6. The zero-order chi connectivity index (χ0) is 15.4. The number of aliphatic hydroxyl groups is 1. The maximum atomic E-state index is 12.2. The quantitative estimate of drug-likeness (QED) is 0.860. The van der Waals surface area contributed by atoms with Crippen LogP contribution in [0.1, 0.15) is 28.8 Å². The van der Waals surface area contributed by atoms with Gasteiger partial charge in [0.1, 0.15) is 5.69 Å². The lowest BCUT2D eigenvalue weighted by Crippen LogP contribution is -2.29. The van der Waals surface area contributed by atoms with Crippen molar-refractivity contribution >= 4 is 17.2 Å². The van der Waals surface area contributed by atoms with Crippen molar-refractivity contribution in [2.24, 2.45) is 13.0 Å². The van der Waals surface area contributed by atoms with Crippen molar-refractivity contribution < 1.29 is 9.90 Å². The van der Waals surface area contributed by atoms with Gasteiger partial charge in [0.25, 0.3) is 5.91 Å². The molecule has 6 heteroatoms. The average molecular weight is 307 g/mol. The number of hydrogen-bond donors (Lipinski definition) is 2. The van der Waals surface area contributed by atoms with Crippen molar-refractivity contribution in [2.75, 3.05) is 13.2 Å². The zero-order valence-corrected chi connectivity index (χ0v) is 13.4. The van der Waals surface area contributed by atoms with Gasteiger partial charge < -0.3 is 15.0 Å². The molecule has 0 aliphatic carbocycles. The fraction of sp³-hybridized carbons (Fsp3) is 0.467. The SMILES string of the molecule is Cc1nc(-c2cc(C(=O)NCC(C)CCO)n(C)c2)cs1. The number of aliphatic hydroxyl groups excluding tert-OH is 1. The van der Waals surface area contributed by atoms with Gasteiger partial charge in [-0.05, 0) is 25.3 Å². The number of nitrogens with zero attached hydrogens (tertiary/aromatic N) is 2. The van der Waals surface area contributed by atoms with E-state index in [2.05, 4.69) is 10.3 Å². The highest BCUT2D eigenvalue weighted by Gasteiger charge is 2.14. The fourth-order valence-electron chi connectivity index (χ4n) is 2.11. The molecule has 2 rings (SSSR count). The third-order valence-corrected chi connectivity index (χ3v) is 4.16. The first-order chi connectivity index (χ1) is 10.0. The molecule has 114 valence electrons. The molecular weight excluding hydrogens is 286 g/mol. The lowest BCUT2D eigenvalue weighted by Gasteiger charge is -2.11. The first-order valence-corrected chi connectivity index (χ1v) is 7.87. The summed E-state index contributed by atoms with van der Waals surface area (Å²) in [5.74, 6) is 0.167. The predicted octanol–water partition coefficient (Wildman–Crippen LogP) is 2.21. The molecule has 0 radical (unpaired) electrons. The molecule has 2 heterocycles. The van der Waals surface area contributed by atoms with Crippen molar-refractivity contribution in [3.05, 3.63) is 28.3 Å². The summed E-state index contributed by atoms with van der Waals surface area (Å²) in [6.07, 6.45) is 2.61. The molecule has 0 saturated heterocycles. The van der Waals surface area contributed by atoms with Crippen LogP contribution in [0.5, 0.6) is 0 Å². The summed E-state index contributed by atoms with van der Waals surface area (Å²) < 4.78 is 1.82. The van der Waals surface area contributed by atoms with E-state index in [4.69, 9.17) is 5.11 Å². The summed E-state index contributed by atoms with van der Waals surface area (Å²) >= 11 is 1.60. The molecule has 2 aromatic rings. The van der Waals surface area contributed by atoms with Gasteiger partial charge in [-0.2, -0.15) is 0 Å².